The van der Waals surface area contributed by atoms with Gasteiger partial charge in [-0.25, -0.2) is 0 Å². The number of benzene rings is 10. The Morgan fingerprint density at radius 3 is 1.27 bits per heavy atom. The Bertz CT molecular complexity index is 3790. The number of furan rings is 1. The smallest absolute Gasteiger partial charge is 0.137 e. The molecule has 5 heteroatoms. The van der Waals surface area contributed by atoms with Gasteiger partial charge < -0.3 is 14.2 Å². The van der Waals surface area contributed by atoms with E-state index in [1.807, 2.05) is 36.5 Å². The number of fused-ring (bicyclic) bond motifs is 11. The first-order chi connectivity index (χ1) is 32.6. The number of nitrogens with zero attached hydrogens (tertiary/aromatic N) is 2. The van der Waals surface area contributed by atoms with Crippen molar-refractivity contribution in [3.05, 3.63) is 225 Å². The van der Waals surface area contributed by atoms with Crippen LogP contribution in [-0.4, -0.2) is 7.05 Å². The van der Waals surface area contributed by atoms with Crippen LogP contribution in [-0.2, 0) is 0 Å². The lowest BCUT2D eigenvalue weighted by Crippen LogP contribution is -2.09. The minimum Gasteiger partial charge on any atom is -0.456 e. The topological polar surface area (TPSA) is 19.6 Å². The summed E-state index contributed by atoms with van der Waals surface area (Å²) in [4.78, 5) is 4.57. The van der Waals surface area contributed by atoms with Gasteiger partial charge in [-0.1, -0.05) is 129 Å². The van der Waals surface area contributed by atoms with Gasteiger partial charge in [0, 0.05) is 98.7 Å². The van der Waals surface area contributed by atoms with Crippen LogP contribution >= 0.6 is 22.7 Å². The highest BCUT2D eigenvalue weighted by molar-refractivity contribution is 7.26. The number of rotatable bonds is 5. The summed E-state index contributed by atoms with van der Waals surface area (Å²) in [5.74, 6) is 0. The molecule has 10 aromatic carbocycles. The van der Waals surface area contributed by atoms with Crippen molar-refractivity contribution in [2.75, 3.05) is 16.8 Å². The molecule has 0 amide bonds. The number of hydrogen-bond donors (Lipinski definition) is 0. The van der Waals surface area contributed by atoms with Gasteiger partial charge >= 0.3 is 0 Å². The van der Waals surface area contributed by atoms with Gasteiger partial charge in [-0.05, 0) is 106 Å². The fourth-order valence-electron chi connectivity index (χ4n) is 8.93. The molecule has 0 spiro atoms. The van der Waals surface area contributed by atoms with Crippen LogP contribution in [0.3, 0.4) is 0 Å². The van der Waals surface area contributed by atoms with Crippen LogP contribution in [0.15, 0.2) is 230 Å². The van der Waals surface area contributed by atoms with E-state index >= 15 is 0 Å². The summed E-state index contributed by atoms with van der Waals surface area (Å²) in [6, 6.07) is 76.1. The highest BCUT2D eigenvalue weighted by atomic mass is 32.1. The second-order valence-electron chi connectivity index (χ2n) is 15.8. The molecule has 0 aliphatic rings. The minimum atomic E-state index is 0.867. The average Bonchev–Trinajstić information content (AvgIpc) is 4.08. The van der Waals surface area contributed by atoms with Crippen molar-refractivity contribution in [1.82, 2.24) is 0 Å². The molecule has 3 nitrogen and oxygen atoms in total. The van der Waals surface area contributed by atoms with Crippen LogP contribution in [0.4, 0.5) is 28.4 Å². The van der Waals surface area contributed by atoms with E-state index in [0.29, 0.717) is 0 Å². The molecule has 0 saturated carbocycles. The van der Waals surface area contributed by atoms with Gasteiger partial charge in [0.15, 0.2) is 0 Å². The second-order valence-corrected chi connectivity index (χ2v) is 18.0. The first kappa shape index (κ1) is 42.3. The van der Waals surface area contributed by atoms with Crippen LogP contribution in [0.5, 0.6) is 0 Å². The molecule has 0 radical (unpaired) electrons. The van der Waals surface area contributed by atoms with Crippen LogP contribution in [0, 0.1) is 0 Å². The van der Waals surface area contributed by atoms with E-state index < -0.39 is 0 Å². The maximum Gasteiger partial charge on any atom is 0.137 e. The van der Waals surface area contributed by atoms with Crippen molar-refractivity contribution in [3.63, 3.8) is 0 Å². The normalized spacial score (nSPS) is 11.1. The quantitative estimate of drug-likeness (QED) is 0.161. The molecule has 0 N–H and O–H groups in total. The molecule has 0 unspecified atom stereocenters. The molecule has 66 heavy (non-hydrogen) atoms. The minimum absolute atomic E-state index is 0.867. The zero-order valence-electron chi connectivity index (χ0n) is 37.2. The summed E-state index contributed by atoms with van der Waals surface area (Å²) >= 11 is 3.71. The van der Waals surface area contributed by atoms with E-state index in [-0.39, 0.29) is 0 Å². The Balaban J connectivity index is 0.000000254. The van der Waals surface area contributed by atoms with E-state index in [2.05, 4.69) is 242 Å². The summed E-state index contributed by atoms with van der Waals surface area (Å²) in [5.41, 5.74) is 7.23. The van der Waals surface area contributed by atoms with Crippen LogP contribution in [0.1, 0.15) is 13.8 Å². The number of thiophene rings is 2. The van der Waals surface area contributed by atoms with E-state index in [4.69, 9.17) is 4.42 Å². The van der Waals surface area contributed by atoms with Crippen molar-refractivity contribution < 1.29 is 4.42 Å². The summed E-state index contributed by atoms with van der Waals surface area (Å²) in [6.07, 6.45) is 0. The predicted octanol–water partition coefficient (Wildman–Crippen LogP) is 19.4. The van der Waals surface area contributed by atoms with Crippen molar-refractivity contribution in [3.8, 4) is 0 Å². The zero-order chi connectivity index (χ0) is 45.1. The third-order valence-corrected chi connectivity index (χ3v) is 14.4. The molecule has 0 aliphatic heterocycles. The maximum absolute atomic E-state index is 6.65. The van der Waals surface area contributed by atoms with Crippen molar-refractivity contribution in [1.29, 1.82) is 0 Å². The Morgan fingerprint density at radius 1 is 0.333 bits per heavy atom. The summed E-state index contributed by atoms with van der Waals surface area (Å²) < 4.78 is 12.0. The third-order valence-electron chi connectivity index (χ3n) is 12.1. The molecule has 0 bridgehead atoms. The molecule has 0 fully saturated rings. The third kappa shape index (κ3) is 7.83. The van der Waals surface area contributed by atoms with Gasteiger partial charge in [-0.2, -0.15) is 0 Å². The van der Waals surface area contributed by atoms with E-state index in [9.17, 15) is 0 Å². The van der Waals surface area contributed by atoms with Gasteiger partial charge in [0.2, 0.25) is 0 Å². The van der Waals surface area contributed by atoms with Crippen LogP contribution in [0.2, 0.25) is 0 Å². The first-order valence-electron chi connectivity index (χ1n) is 22.4. The van der Waals surface area contributed by atoms with E-state index in [0.717, 1.165) is 50.4 Å². The molecule has 13 aromatic rings. The maximum atomic E-state index is 6.65. The largest absolute Gasteiger partial charge is 0.456 e. The average molecular weight is 889 g/mol. The summed E-state index contributed by atoms with van der Waals surface area (Å²) in [5, 5.41) is 12.4. The first-order valence-corrected chi connectivity index (χ1v) is 24.0. The van der Waals surface area contributed by atoms with Crippen LogP contribution < -0.4 is 9.80 Å². The number of anilines is 5. The summed E-state index contributed by atoms with van der Waals surface area (Å²) in [6.45, 7) is 10.0. The zero-order valence-corrected chi connectivity index (χ0v) is 38.9. The lowest BCUT2D eigenvalue weighted by Gasteiger charge is -2.26. The van der Waals surface area contributed by atoms with Crippen molar-refractivity contribution in [2.24, 2.45) is 0 Å². The van der Waals surface area contributed by atoms with E-state index in [1.54, 1.807) is 0 Å². The lowest BCUT2D eigenvalue weighted by atomic mass is 10.1. The highest BCUT2D eigenvalue weighted by Gasteiger charge is 2.18. The molecule has 3 heterocycles. The molecular weight excluding hydrogens is 841 g/mol. The lowest BCUT2D eigenvalue weighted by molar-refractivity contribution is 0.669. The Kier molecular flexibility index (Phi) is 11.8. The Morgan fingerprint density at radius 2 is 0.697 bits per heavy atom. The second kappa shape index (κ2) is 18.4. The monoisotopic (exact) mass is 888 g/mol. The van der Waals surface area contributed by atoms with Gasteiger partial charge in [0.1, 0.15) is 11.2 Å². The molecule has 13 rings (SSSR count). The van der Waals surface area contributed by atoms with Crippen molar-refractivity contribution >= 4 is 135 Å². The number of hydrogen-bond acceptors (Lipinski definition) is 5. The fraction of sp³-hybridized carbons (Fsp3) is 0.0492. The van der Waals surface area contributed by atoms with Gasteiger partial charge in [0.05, 0.1) is 0 Å². The van der Waals surface area contributed by atoms with Gasteiger partial charge in [0.25, 0.3) is 0 Å². The SMILES string of the molecule is C=C.CC.CN(c1ccc2ccccc2c1)c1ccc2c(c1)oc1cc(N(c3ccc4ccccc4c3)c3ccc4sc5ccccc5c4c3)ccc12.c1ccc2c(c1)sc1ccccc12. The molecule has 320 valence electrons. The molecule has 0 atom stereocenters. The molecular formula is C61H48N2OS2. The van der Waals surface area contributed by atoms with Gasteiger partial charge in [-0.15, -0.1) is 35.8 Å². The standard InChI is InChI=1S/C45H30N2OS.C12H8S.C2H6.C2H4/c1-46(33-16-14-29-8-2-4-10-31(29)24-33)34-18-21-38-39-22-19-37(28-43(39)48-42(38)27-34)47(35-17-15-30-9-3-5-11-32(30)25-35)36-20-23-45-41(26-36)40-12-6-7-13-44(40)49-45;1-3-7-11-9(5-1)10-6-2-4-8-12(10)13-11;2*1-2/h2-28H,1H3;1-8H;1-2H3;1-2H2. The molecule has 0 saturated heterocycles. The fourth-order valence-corrected chi connectivity index (χ4v) is 11.1. The molecule has 0 aliphatic carbocycles. The Hall–Kier alpha value is -7.70. The summed E-state index contributed by atoms with van der Waals surface area (Å²) in [7, 11) is 2.11. The van der Waals surface area contributed by atoms with Crippen LogP contribution in [0.25, 0.3) is 83.8 Å². The Labute approximate surface area is 393 Å². The van der Waals surface area contributed by atoms with Gasteiger partial charge in [-0.3, -0.25) is 0 Å². The van der Waals surface area contributed by atoms with E-state index in [1.165, 1.54) is 61.9 Å². The highest BCUT2D eigenvalue weighted by Crippen LogP contribution is 2.43. The predicted molar refractivity (Wildman–Crippen MR) is 293 cm³/mol. The van der Waals surface area contributed by atoms with Crippen molar-refractivity contribution in [2.45, 2.75) is 13.8 Å². The molecule has 3 aromatic heterocycles.